The van der Waals surface area contributed by atoms with E-state index in [1.54, 1.807) is 11.6 Å². The lowest BCUT2D eigenvalue weighted by atomic mass is 9.80. The molecular formula is C31H26F4N6O2. The molecule has 2 atom stereocenters. The van der Waals surface area contributed by atoms with Crippen molar-refractivity contribution in [3.8, 4) is 11.8 Å². The van der Waals surface area contributed by atoms with Gasteiger partial charge in [0, 0.05) is 30.1 Å². The average molecular weight is 591 g/mol. The molecule has 8 nitrogen and oxygen atoms in total. The molecule has 5 rings (SSSR count). The zero-order valence-electron chi connectivity index (χ0n) is 22.9. The SMILES string of the molecule is CCN1C(=O)[C@@H](NC(=O)c2cccc(C(F)(F)F)c2)[C@@H](c2ccc(F)cc2)c2c(CNCC#N)nn(-c3ccccc3)c21. The first kappa shape index (κ1) is 29.5. The van der Waals surface area contributed by atoms with E-state index >= 15 is 0 Å². The number of carbonyl (C=O) groups is 2. The van der Waals surface area contributed by atoms with Gasteiger partial charge in [0.25, 0.3) is 11.8 Å². The summed E-state index contributed by atoms with van der Waals surface area (Å²) < 4.78 is 55.8. The van der Waals surface area contributed by atoms with Crippen molar-refractivity contribution in [3.05, 3.63) is 113 Å². The molecule has 220 valence electrons. The lowest BCUT2D eigenvalue weighted by molar-refractivity contribution is -0.137. The van der Waals surface area contributed by atoms with Gasteiger partial charge in [-0.2, -0.15) is 23.5 Å². The van der Waals surface area contributed by atoms with Crippen LogP contribution < -0.4 is 15.5 Å². The Morgan fingerprint density at radius 2 is 1.77 bits per heavy atom. The highest BCUT2D eigenvalue weighted by atomic mass is 19.4. The van der Waals surface area contributed by atoms with Gasteiger partial charge in [0.05, 0.1) is 29.6 Å². The number of benzene rings is 3. The fourth-order valence-electron chi connectivity index (χ4n) is 5.28. The number of nitrogens with one attached hydrogen (secondary N) is 2. The minimum absolute atomic E-state index is 0.0142. The second kappa shape index (κ2) is 12.1. The number of aromatic nitrogens is 2. The molecule has 0 spiro atoms. The molecule has 2 N–H and O–H groups in total. The number of carbonyl (C=O) groups excluding carboxylic acids is 2. The van der Waals surface area contributed by atoms with Crippen molar-refractivity contribution in [2.75, 3.05) is 18.0 Å². The number of fused-ring (bicyclic) bond motifs is 1. The summed E-state index contributed by atoms with van der Waals surface area (Å²) in [6, 6.07) is 19.2. The van der Waals surface area contributed by atoms with Crippen LogP contribution in [0.25, 0.3) is 5.69 Å². The first-order valence-corrected chi connectivity index (χ1v) is 13.4. The quantitative estimate of drug-likeness (QED) is 0.172. The molecule has 0 aliphatic carbocycles. The third kappa shape index (κ3) is 5.85. The normalized spacial score (nSPS) is 16.5. The molecular weight excluding hydrogens is 564 g/mol. The van der Waals surface area contributed by atoms with Crippen LogP contribution in [-0.2, 0) is 17.5 Å². The van der Waals surface area contributed by atoms with E-state index in [1.165, 1.54) is 35.2 Å². The van der Waals surface area contributed by atoms with Crippen LogP contribution in [0.5, 0.6) is 0 Å². The molecule has 12 heteroatoms. The van der Waals surface area contributed by atoms with Gasteiger partial charge in [-0.05, 0) is 55.0 Å². The Hall–Kier alpha value is -5.02. The lowest BCUT2D eigenvalue weighted by Gasteiger charge is -2.38. The topological polar surface area (TPSA) is 103 Å². The van der Waals surface area contributed by atoms with Crippen molar-refractivity contribution in [2.24, 2.45) is 0 Å². The second-order valence-corrected chi connectivity index (χ2v) is 9.83. The highest BCUT2D eigenvalue weighted by Gasteiger charge is 2.46. The minimum Gasteiger partial charge on any atom is -0.339 e. The van der Waals surface area contributed by atoms with Crippen molar-refractivity contribution < 1.29 is 27.2 Å². The highest BCUT2D eigenvalue weighted by Crippen LogP contribution is 2.43. The van der Waals surface area contributed by atoms with Gasteiger partial charge in [0.1, 0.15) is 17.7 Å². The van der Waals surface area contributed by atoms with Crippen LogP contribution in [0.4, 0.5) is 23.4 Å². The summed E-state index contributed by atoms with van der Waals surface area (Å²) in [5, 5.41) is 19.6. The smallest absolute Gasteiger partial charge is 0.339 e. The summed E-state index contributed by atoms with van der Waals surface area (Å²) in [6.45, 7) is 2.08. The third-order valence-corrected chi connectivity index (χ3v) is 7.19. The van der Waals surface area contributed by atoms with Gasteiger partial charge >= 0.3 is 6.18 Å². The predicted octanol–water partition coefficient (Wildman–Crippen LogP) is 4.94. The molecule has 43 heavy (non-hydrogen) atoms. The first-order chi connectivity index (χ1) is 20.6. The molecule has 0 saturated heterocycles. The van der Waals surface area contributed by atoms with Gasteiger partial charge in [-0.1, -0.05) is 36.4 Å². The van der Waals surface area contributed by atoms with Crippen molar-refractivity contribution in [1.82, 2.24) is 20.4 Å². The van der Waals surface area contributed by atoms with Gasteiger partial charge in [0.2, 0.25) is 0 Å². The van der Waals surface area contributed by atoms with Crippen LogP contribution in [0.1, 0.15) is 45.6 Å². The average Bonchev–Trinajstić information content (AvgIpc) is 3.37. The van der Waals surface area contributed by atoms with E-state index in [0.29, 0.717) is 28.3 Å². The largest absolute Gasteiger partial charge is 0.416 e. The standard InChI is InChI=1S/C31H26F4N6O2/c1-2-40-29-26(24(18-37-16-15-36)39-41(29)23-9-4-3-5-10-23)25(19-11-13-22(32)14-12-19)27(30(40)43)38-28(42)20-7-6-8-21(17-20)31(33,34)35/h3-14,17,25,27,37H,2,16,18H2,1H3,(H,38,42)/t25-,27-/m0/s1. The first-order valence-electron chi connectivity index (χ1n) is 13.4. The number of likely N-dealkylation sites (N-methyl/N-ethyl adjacent to an activating group) is 1. The number of nitrogens with zero attached hydrogens (tertiary/aromatic N) is 4. The zero-order valence-corrected chi connectivity index (χ0v) is 22.9. The van der Waals surface area contributed by atoms with Crippen LogP contribution in [0, 0.1) is 17.1 Å². The van der Waals surface area contributed by atoms with Gasteiger partial charge in [-0.25, -0.2) is 9.07 Å². The van der Waals surface area contributed by atoms with Crippen LogP contribution in [-0.4, -0.2) is 40.7 Å². The molecule has 0 unspecified atom stereocenters. The maximum atomic E-state index is 14.2. The number of nitriles is 1. The number of halogens is 4. The summed E-state index contributed by atoms with van der Waals surface area (Å²) in [7, 11) is 0. The van der Waals surface area contributed by atoms with Gasteiger partial charge in [-0.15, -0.1) is 0 Å². The monoisotopic (exact) mass is 590 g/mol. The van der Waals surface area contributed by atoms with Crippen LogP contribution in [0.2, 0.25) is 0 Å². The Labute approximate surface area is 244 Å². The Morgan fingerprint density at radius 1 is 1.05 bits per heavy atom. The third-order valence-electron chi connectivity index (χ3n) is 7.19. The fraction of sp³-hybridized carbons (Fsp3) is 0.226. The minimum atomic E-state index is -4.67. The van der Waals surface area contributed by atoms with E-state index in [4.69, 9.17) is 10.4 Å². The molecule has 1 aliphatic heterocycles. The van der Waals surface area contributed by atoms with Gasteiger partial charge < -0.3 is 5.32 Å². The summed E-state index contributed by atoms with van der Waals surface area (Å²) in [5.41, 5.74) is 0.892. The molecule has 2 heterocycles. The molecule has 4 aromatic rings. The van der Waals surface area contributed by atoms with E-state index in [0.717, 1.165) is 18.2 Å². The summed E-state index contributed by atoms with van der Waals surface area (Å²) in [6.07, 6.45) is -4.67. The Morgan fingerprint density at radius 3 is 2.42 bits per heavy atom. The number of amides is 2. The summed E-state index contributed by atoms with van der Waals surface area (Å²) in [5.74, 6) is -2.36. The summed E-state index contributed by atoms with van der Waals surface area (Å²) in [4.78, 5) is 29.1. The highest BCUT2D eigenvalue weighted by molar-refractivity contribution is 6.05. The predicted molar refractivity (Wildman–Crippen MR) is 150 cm³/mol. The number of hydrogen-bond acceptors (Lipinski definition) is 5. The fourth-order valence-corrected chi connectivity index (χ4v) is 5.28. The summed E-state index contributed by atoms with van der Waals surface area (Å²) >= 11 is 0. The molecule has 1 aliphatic rings. The van der Waals surface area contributed by atoms with E-state index in [-0.39, 0.29) is 25.2 Å². The van der Waals surface area contributed by atoms with Gasteiger partial charge in [0.15, 0.2) is 0 Å². The Bertz CT molecular complexity index is 1680. The molecule has 0 fully saturated rings. The van der Waals surface area contributed by atoms with Crippen LogP contribution in [0.15, 0.2) is 78.9 Å². The Balaban J connectivity index is 1.69. The molecule has 0 radical (unpaired) electrons. The van der Waals surface area contributed by atoms with Crippen LogP contribution >= 0.6 is 0 Å². The number of rotatable bonds is 8. The zero-order chi connectivity index (χ0) is 30.7. The second-order valence-electron chi connectivity index (χ2n) is 9.83. The number of para-hydroxylation sites is 1. The van der Waals surface area contributed by atoms with E-state index < -0.39 is 41.3 Å². The van der Waals surface area contributed by atoms with E-state index in [2.05, 4.69) is 10.6 Å². The molecule has 0 saturated carbocycles. The lowest BCUT2D eigenvalue weighted by Crippen LogP contribution is -2.55. The molecule has 1 aromatic heterocycles. The van der Waals surface area contributed by atoms with Crippen molar-refractivity contribution in [3.63, 3.8) is 0 Å². The van der Waals surface area contributed by atoms with Crippen LogP contribution in [0.3, 0.4) is 0 Å². The maximum Gasteiger partial charge on any atom is 0.416 e. The number of alkyl halides is 3. The Kier molecular flexibility index (Phi) is 8.27. The van der Waals surface area contributed by atoms with Crippen molar-refractivity contribution >= 4 is 17.6 Å². The molecule has 2 amide bonds. The maximum absolute atomic E-state index is 14.2. The van der Waals surface area contributed by atoms with E-state index in [1.807, 2.05) is 36.4 Å². The van der Waals surface area contributed by atoms with Crippen molar-refractivity contribution in [1.29, 1.82) is 5.26 Å². The van der Waals surface area contributed by atoms with Gasteiger partial charge in [-0.3, -0.25) is 19.8 Å². The number of anilines is 1. The molecule has 0 bridgehead atoms. The molecule has 3 aromatic carbocycles. The van der Waals surface area contributed by atoms with Crippen molar-refractivity contribution in [2.45, 2.75) is 31.6 Å². The van der Waals surface area contributed by atoms with E-state index in [9.17, 15) is 27.2 Å². The number of hydrogen-bond donors (Lipinski definition) is 2.